The molecule has 0 spiro atoms. The highest BCUT2D eigenvalue weighted by molar-refractivity contribution is 5.93. The number of rotatable bonds is 5. The van der Waals surface area contributed by atoms with Gasteiger partial charge in [0.1, 0.15) is 0 Å². The van der Waals surface area contributed by atoms with Gasteiger partial charge >= 0.3 is 0 Å². The van der Waals surface area contributed by atoms with Crippen LogP contribution in [-0.2, 0) is 6.54 Å². The third kappa shape index (κ3) is 3.57. The summed E-state index contributed by atoms with van der Waals surface area (Å²) in [6.45, 7) is 5.50. The van der Waals surface area contributed by atoms with Crippen LogP contribution in [0.2, 0.25) is 0 Å². The lowest BCUT2D eigenvalue weighted by molar-refractivity contribution is 0.0963. The summed E-state index contributed by atoms with van der Waals surface area (Å²) >= 11 is 0. The minimum Gasteiger partial charge on any atom is -0.355 e. The van der Waals surface area contributed by atoms with Gasteiger partial charge in [0.2, 0.25) is 0 Å². The minimum absolute atomic E-state index is 0.0294. The van der Waals surface area contributed by atoms with E-state index in [2.05, 4.69) is 24.5 Å². The second-order valence-corrected chi connectivity index (χ2v) is 5.83. The summed E-state index contributed by atoms with van der Waals surface area (Å²) in [6, 6.07) is 8.49. The normalized spacial score (nSPS) is 22.1. The van der Waals surface area contributed by atoms with E-state index in [9.17, 15) is 4.79 Å². The van der Waals surface area contributed by atoms with E-state index in [1.165, 1.54) is 18.4 Å². The van der Waals surface area contributed by atoms with Gasteiger partial charge in [-0.1, -0.05) is 26.0 Å². The van der Waals surface area contributed by atoms with Crippen molar-refractivity contribution in [1.29, 1.82) is 0 Å². The van der Waals surface area contributed by atoms with Crippen molar-refractivity contribution in [2.45, 2.75) is 39.3 Å². The van der Waals surface area contributed by atoms with Crippen LogP contribution in [0.5, 0.6) is 0 Å². The Bertz CT molecular complexity index is 419. The third-order valence-electron chi connectivity index (χ3n) is 4.16. The average Bonchev–Trinajstić information content (AvgIpc) is 2.36. The molecule has 3 nitrogen and oxygen atoms in total. The van der Waals surface area contributed by atoms with Gasteiger partial charge in [0.05, 0.1) is 0 Å². The smallest absolute Gasteiger partial charge is 0.251 e. The van der Waals surface area contributed by atoms with Crippen LogP contribution in [-0.4, -0.2) is 19.0 Å². The molecule has 2 rings (SSSR count). The van der Waals surface area contributed by atoms with Crippen molar-refractivity contribution in [3.05, 3.63) is 35.4 Å². The molecule has 104 valence electrons. The molecule has 1 aliphatic rings. The Kier molecular flexibility index (Phi) is 4.59. The van der Waals surface area contributed by atoms with E-state index < -0.39 is 0 Å². The number of benzene rings is 1. The maximum atomic E-state index is 11.4. The molecule has 1 saturated carbocycles. The maximum Gasteiger partial charge on any atom is 0.251 e. The molecule has 3 heteroatoms. The summed E-state index contributed by atoms with van der Waals surface area (Å²) in [5.74, 6) is 1.68. The Morgan fingerprint density at radius 1 is 1.26 bits per heavy atom. The molecule has 1 amide bonds. The van der Waals surface area contributed by atoms with Gasteiger partial charge < -0.3 is 10.6 Å². The Balaban J connectivity index is 1.77. The highest BCUT2D eigenvalue weighted by Gasteiger charge is 2.30. The molecule has 1 aromatic carbocycles. The van der Waals surface area contributed by atoms with Gasteiger partial charge in [0.15, 0.2) is 0 Å². The zero-order valence-corrected chi connectivity index (χ0v) is 12.1. The van der Waals surface area contributed by atoms with Gasteiger partial charge in [0, 0.05) is 25.2 Å². The molecule has 0 bridgehead atoms. The van der Waals surface area contributed by atoms with E-state index in [4.69, 9.17) is 0 Å². The maximum absolute atomic E-state index is 11.4. The lowest BCUT2D eigenvalue weighted by Crippen LogP contribution is -2.42. The molecule has 0 radical (unpaired) electrons. The minimum atomic E-state index is -0.0294. The first kappa shape index (κ1) is 14.1. The van der Waals surface area contributed by atoms with Gasteiger partial charge in [-0.2, -0.15) is 0 Å². The molecule has 1 fully saturated rings. The lowest BCUT2D eigenvalue weighted by atomic mass is 9.73. The van der Waals surface area contributed by atoms with E-state index >= 15 is 0 Å². The summed E-state index contributed by atoms with van der Waals surface area (Å²) in [5, 5.41) is 6.21. The van der Waals surface area contributed by atoms with Crippen molar-refractivity contribution in [2.75, 3.05) is 7.05 Å². The Hall–Kier alpha value is -1.35. The summed E-state index contributed by atoms with van der Waals surface area (Å²) in [6.07, 6.45) is 2.60. The van der Waals surface area contributed by atoms with Gasteiger partial charge in [-0.15, -0.1) is 0 Å². The molecule has 2 N–H and O–H groups in total. The zero-order chi connectivity index (χ0) is 13.8. The van der Waals surface area contributed by atoms with E-state index in [1.54, 1.807) is 7.05 Å². The second-order valence-electron chi connectivity index (χ2n) is 5.83. The number of carbonyl (C=O) groups is 1. The average molecular weight is 260 g/mol. The number of carbonyl (C=O) groups excluding carboxylic acids is 1. The number of nitrogens with one attached hydrogen (secondary N) is 2. The predicted octanol–water partition coefficient (Wildman–Crippen LogP) is 2.57. The summed E-state index contributed by atoms with van der Waals surface area (Å²) in [7, 11) is 1.65. The van der Waals surface area contributed by atoms with Crippen LogP contribution >= 0.6 is 0 Å². The van der Waals surface area contributed by atoms with Gasteiger partial charge in [-0.25, -0.2) is 0 Å². The Labute approximate surface area is 115 Å². The SMILES string of the molecule is CNC(=O)c1ccc(CNC2CC(C(C)C)C2)cc1. The largest absolute Gasteiger partial charge is 0.355 e. The summed E-state index contributed by atoms with van der Waals surface area (Å²) in [4.78, 5) is 11.4. The first-order chi connectivity index (χ1) is 9.10. The number of amides is 1. The first-order valence-electron chi connectivity index (χ1n) is 7.14. The highest BCUT2D eigenvalue weighted by Crippen LogP contribution is 2.33. The fourth-order valence-electron chi connectivity index (χ4n) is 2.55. The Morgan fingerprint density at radius 2 is 1.89 bits per heavy atom. The van der Waals surface area contributed by atoms with Crippen LogP contribution in [0.15, 0.2) is 24.3 Å². The van der Waals surface area contributed by atoms with E-state index in [0.29, 0.717) is 6.04 Å². The summed E-state index contributed by atoms with van der Waals surface area (Å²) < 4.78 is 0. The Morgan fingerprint density at radius 3 is 2.42 bits per heavy atom. The molecule has 0 unspecified atom stereocenters. The molecule has 0 saturated heterocycles. The van der Waals surface area contributed by atoms with Crippen LogP contribution in [0.25, 0.3) is 0 Å². The molecular weight excluding hydrogens is 236 g/mol. The van der Waals surface area contributed by atoms with Crippen LogP contribution in [0.1, 0.15) is 42.6 Å². The van der Waals surface area contributed by atoms with Crippen molar-refractivity contribution in [3.8, 4) is 0 Å². The van der Waals surface area contributed by atoms with Gasteiger partial charge in [-0.05, 0) is 42.4 Å². The van der Waals surface area contributed by atoms with Crippen molar-refractivity contribution in [1.82, 2.24) is 10.6 Å². The fourth-order valence-corrected chi connectivity index (χ4v) is 2.55. The lowest BCUT2D eigenvalue weighted by Gasteiger charge is -2.38. The molecule has 0 aromatic heterocycles. The van der Waals surface area contributed by atoms with Gasteiger partial charge in [-0.3, -0.25) is 4.79 Å². The quantitative estimate of drug-likeness (QED) is 0.854. The molecular formula is C16H24N2O. The molecule has 0 atom stereocenters. The van der Waals surface area contributed by atoms with Crippen LogP contribution in [0.3, 0.4) is 0 Å². The van der Waals surface area contributed by atoms with Crippen LogP contribution in [0, 0.1) is 11.8 Å². The van der Waals surface area contributed by atoms with E-state index in [1.807, 2.05) is 24.3 Å². The van der Waals surface area contributed by atoms with Crippen molar-refractivity contribution in [2.24, 2.45) is 11.8 Å². The van der Waals surface area contributed by atoms with Crippen molar-refractivity contribution >= 4 is 5.91 Å². The monoisotopic (exact) mass is 260 g/mol. The standard InChI is InChI=1S/C16H24N2O/c1-11(2)14-8-15(9-14)18-10-12-4-6-13(7-5-12)16(19)17-3/h4-7,11,14-15,18H,8-10H2,1-3H3,(H,17,19). The summed E-state index contributed by atoms with van der Waals surface area (Å²) in [5.41, 5.74) is 1.95. The third-order valence-corrected chi connectivity index (χ3v) is 4.16. The molecule has 19 heavy (non-hydrogen) atoms. The van der Waals surface area contributed by atoms with Crippen molar-refractivity contribution < 1.29 is 4.79 Å². The van der Waals surface area contributed by atoms with E-state index in [-0.39, 0.29) is 5.91 Å². The topological polar surface area (TPSA) is 41.1 Å². The molecule has 1 aliphatic carbocycles. The molecule has 0 heterocycles. The highest BCUT2D eigenvalue weighted by atomic mass is 16.1. The fraction of sp³-hybridized carbons (Fsp3) is 0.562. The predicted molar refractivity (Wildman–Crippen MR) is 78.0 cm³/mol. The van der Waals surface area contributed by atoms with Crippen LogP contribution < -0.4 is 10.6 Å². The number of hydrogen-bond acceptors (Lipinski definition) is 2. The molecule has 0 aliphatic heterocycles. The molecule has 1 aromatic rings. The van der Waals surface area contributed by atoms with Gasteiger partial charge in [0.25, 0.3) is 5.91 Å². The first-order valence-corrected chi connectivity index (χ1v) is 7.14. The van der Waals surface area contributed by atoms with E-state index in [0.717, 1.165) is 23.9 Å². The van der Waals surface area contributed by atoms with Crippen molar-refractivity contribution in [3.63, 3.8) is 0 Å². The zero-order valence-electron chi connectivity index (χ0n) is 12.1. The van der Waals surface area contributed by atoms with Crippen LogP contribution in [0.4, 0.5) is 0 Å². The second kappa shape index (κ2) is 6.20. The number of hydrogen-bond donors (Lipinski definition) is 2.